The molecule has 0 aromatic carbocycles. The largest absolute Gasteiger partial charge is 2.00 e. The summed E-state index contributed by atoms with van der Waals surface area (Å²) in [6.45, 7) is 0. The van der Waals surface area contributed by atoms with Gasteiger partial charge in [-0.05, 0) is 0 Å². The summed E-state index contributed by atoms with van der Waals surface area (Å²) in [6.07, 6.45) is 0. The molecule has 2 nitrogen and oxygen atoms in total. The second-order valence-electron chi connectivity index (χ2n) is 0.908. The standard InChI is InChI=1S/2C2H4OS2.Pt/c2*1-3-2(4)5;/h2*1H3,(H,4,5);/q;;+2/p-2. The molecule has 0 atom stereocenters. The minimum absolute atomic E-state index is 0. The summed E-state index contributed by atoms with van der Waals surface area (Å²) in [5.74, 6) is 0. The molecular weight excluding hydrogens is 403 g/mol. The first-order valence-electron chi connectivity index (χ1n) is 2.04. The van der Waals surface area contributed by atoms with E-state index in [4.69, 9.17) is 0 Å². The van der Waals surface area contributed by atoms with Crippen molar-refractivity contribution in [2.24, 2.45) is 0 Å². The van der Waals surface area contributed by atoms with Crippen LogP contribution in [0.15, 0.2) is 0 Å². The third kappa shape index (κ3) is 35.9. The van der Waals surface area contributed by atoms with Crippen LogP contribution in [0, 0.1) is 0 Å². The summed E-state index contributed by atoms with van der Waals surface area (Å²) in [6, 6.07) is 0. The topological polar surface area (TPSA) is 18.5 Å². The zero-order valence-corrected chi connectivity index (χ0v) is 11.3. The molecule has 0 saturated heterocycles. The molecule has 0 unspecified atom stereocenters. The number of thiocarbonyl (C=S) groups is 2. The number of methoxy groups -OCH3 is 2. The summed E-state index contributed by atoms with van der Waals surface area (Å²) in [5, 5.41) is 0. The van der Waals surface area contributed by atoms with Crippen molar-refractivity contribution in [2.75, 3.05) is 14.2 Å². The predicted molar refractivity (Wildman–Crippen MR) is 53.9 cm³/mol. The molecule has 0 saturated carbocycles. The molecule has 0 aromatic heterocycles. The van der Waals surface area contributed by atoms with E-state index in [2.05, 4.69) is 59.2 Å². The van der Waals surface area contributed by atoms with Crippen molar-refractivity contribution < 1.29 is 30.5 Å². The smallest absolute Gasteiger partial charge is 0.517 e. The van der Waals surface area contributed by atoms with Gasteiger partial charge >= 0.3 is 21.1 Å². The normalized spacial score (nSPS) is 6.00. The van der Waals surface area contributed by atoms with E-state index in [9.17, 15) is 0 Å². The number of ether oxygens (including phenoxy) is 2. The van der Waals surface area contributed by atoms with Crippen LogP contribution in [0.4, 0.5) is 0 Å². The maximum absolute atomic E-state index is 4.30. The van der Waals surface area contributed by atoms with Gasteiger partial charge in [-0.15, -0.1) is 0 Å². The van der Waals surface area contributed by atoms with Gasteiger partial charge in [0.25, 0.3) is 0 Å². The maximum atomic E-state index is 4.30. The molecule has 0 fully saturated rings. The molecule has 0 N–H and O–H groups in total. The monoisotopic (exact) mass is 409 g/mol. The zero-order chi connectivity index (χ0) is 8.57. The van der Waals surface area contributed by atoms with Gasteiger partial charge in [-0.1, -0.05) is 0 Å². The van der Waals surface area contributed by atoms with E-state index < -0.39 is 0 Å². The van der Waals surface area contributed by atoms with Crippen molar-refractivity contribution in [3.63, 3.8) is 0 Å². The van der Waals surface area contributed by atoms with Crippen LogP contribution >= 0.6 is 24.4 Å². The van der Waals surface area contributed by atoms with Gasteiger partial charge in [-0.3, -0.25) is 0 Å². The minimum atomic E-state index is 0. The van der Waals surface area contributed by atoms with Crippen LogP contribution in [0.5, 0.6) is 0 Å². The Labute approximate surface area is 102 Å². The van der Waals surface area contributed by atoms with Crippen molar-refractivity contribution in [1.82, 2.24) is 0 Å². The second kappa shape index (κ2) is 13.5. The van der Waals surface area contributed by atoms with Gasteiger partial charge in [-0.25, -0.2) is 0 Å². The van der Waals surface area contributed by atoms with E-state index in [1.807, 2.05) is 0 Å². The van der Waals surface area contributed by atoms with E-state index in [1.165, 1.54) is 14.2 Å². The molecule has 0 aliphatic carbocycles. The molecule has 0 amide bonds. The van der Waals surface area contributed by atoms with Crippen LogP contribution in [-0.2, 0) is 55.8 Å². The zero-order valence-electron chi connectivity index (χ0n) is 5.77. The van der Waals surface area contributed by atoms with Crippen molar-refractivity contribution in [3.8, 4) is 0 Å². The van der Waals surface area contributed by atoms with Gasteiger partial charge in [0.15, 0.2) is 0 Å². The minimum Gasteiger partial charge on any atom is -0.517 e. The van der Waals surface area contributed by atoms with Gasteiger partial charge < -0.3 is 59.2 Å². The van der Waals surface area contributed by atoms with Gasteiger partial charge in [0.1, 0.15) is 0 Å². The number of hydrogen-bond acceptors (Lipinski definition) is 6. The van der Waals surface area contributed by atoms with Gasteiger partial charge in [0, 0.05) is 8.77 Å². The van der Waals surface area contributed by atoms with Crippen LogP contribution in [0.2, 0.25) is 0 Å². The Hall–Kier alpha value is 0.908. The number of hydrogen-bond donors (Lipinski definition) is 0. The first-order chi connectivity index (χ1) is 4.54. The molecule has 68 valence electrons. The van der Waals surface area contributed by atoms with Crippen molar-refractivity contribution in [3.05, 3.63) is 0 Å². The van der Waals surface area contributed by atoms with E-state index in [0.717, 1.165) is 0 Å². The molecular formula is C4H6O2PtS4. The molecule has 0 bridgehead atoms. The third-order valence-electron chi connectivity index (χ3n) is 0.333. The summed E-state index contributed by atoms with van der Waals surface area (Å²) < 4.78 is 8.94. The Morgan fingerprint density at radius 2 is 1.09 bits per heavy atom. The first-order valence-corrected chi connectivity index (χ1v) is 3.67. The molecule has 0 radical (unpaired) electrons. The van der Waals surface area contributed by atoms with Crippen molar-refractivity contribution in [2.45, 2.75) is 0 Å². The molecule has 0 aromatic rings. The SMILES string of the molecule is COC(=S)[S-].COC(=S)[S-].[Pt+2]. The van der Waals surface area contributed by atoms with Crippen LogP contribution < -0.4 is 0 Å². The van der Waals surface area contributed by atoms with E-state index in [1.54, 1.807) is 0 Å². The van der Waals surface area contributed by atoms with Gasteiger partial charge in [-0.2, -0.15) is 0 Å². The van der Waals surface area contributed by atoms with E-state index in [0.29, 0.717) is 0 Å². The maximum Gasteiger partial charge on any atom is 2.00 e. The summed E-state index contributed by atoms with van der Waals surface area (Å²) in [5.41, 5.74) is 0. The Balaban J connectivity index is -0.000000107. The average Bonchev–Trinajstić information content (AvgIpc) is 1.89. The predicted octanol–water partition coefficient (Wildman–Crippen LogP) is 0.927. The summed E-state index contributed by atoms with van der Waals surface area (Å²) in [7, 11) is 2.91. The van der Waals surface area contributed by atoms with Crippen molar-refractivity contribution >= 4 is 58.5 Å². The summed E-state index contributed by atoms with van der Waals surface area (Å²) >= 11 is 17.2. The molecule has 0 heterocycles. The molecule has 7 heteroatoms. The number of rotatable bonds is 0. The average molecular weight is 409 g/mol. The third-order valence-corrected chi connectivity index (χ3v) is 1.00. The Morgan fingerprint density at radius 1 is 1.00 bits per heavy atom. The Morgan fingerprint density at radius 3 is 1.09 bits per heavy atom. The Bertz CT molecular complexity index is 105. The fraction of sp³-hybridized carbons (Fsp3) is 0.500. The first kappa shape index (κ1) is 17.9. The second-order valence-corrected chi connectivity index (χ2v) is 2.91. The van der Waals surface area contributed by atoms with Crippen LogP contribution in [0.3, 0.4) is 0 Å². The Kier molecular flexibility index (Phi) is 21.9. The van der Waals surface area contributed by atoms with Crippen LogP contribution in [0.1, 0.15) is 0 Å². The van der Waals surface area contributed by atoms with E-state index >= 15 is 0 Å². The van der Waals surface area contributed by atoms with Gasteiger partial charge in [0.2, 0.25) is 0 Å². The fourth-order valence-corrected chi connectivity index (χ4v) is 0. The molecule has 0 aliphatic heterocycles. The van der Waals surface area contributed by atoms with E-state index in [-0.39, 0.29) is 29.8 Å². The summed E-state index contributed by atoms with van der Waals surface area (Å²) in [4.78, 5) is 0. The van der Waals surface area contributed by atoms with Crippen LogP contribution in [-0.4, -0.2) is 23.0 Å². The molecule has 11 heavy (non-hydrogen) atoms. The molecule has 0 spiro atoms. The van der Waals surface area contributed by atoms with Crippen molar-refractivity contribution in [1.29, 1.82) is 0 Å². The molecule has 0 aliphatic rings. The quantitative estimate of drug-likeness (QED) is 0.435. The molecule has 0 rings (SSSR count). The van der Waals surface area contributed by atoms with Gasteiger partial charge in [0.05, 0.1) is 14.2 Å². The fourth-order valence-electron chi connectivity index (χ4n) is 0. The van der Waals surface area contributed by atoms with Crippen LogP contribution in [0.25, 0.3) is 0 Å².